The third kappa shape index (κ3) is 4.17. The predicted molar refractivity (Wildman–Crippen MR) is 104 cm³/mol. The molecule has 0 aromatic heterocycles. The number of esters is 1. The molecule has 3 rings (SSSR count). The zero-order valence-electron chi connectivity index (χ0n) is 14.0. The highest BCUT2D eigenvalue weighted by Crippen LogP contribution is 2.64. The maximum atomic E-state index is 12.2. The van der Waals surface area contributed by atoms with Crippen molar-refractivity contribution in [1.82, 2.24) is 0 Å². The Bertz CT molecular complexity index is 829. The van der Waals surface area contributed by atoms with Crippen molar-refractivity contribution < 1.29 is 14.3 Å². The molecular formula is C19H17Cl2NO3S. The maximum absolute atomic E-state index is 12.2. The van der Waals surface area contributed by atoms with E-state index in [0.29, 0.717) is 12.1 Å². The van der Waals surface area contributed by atoms with Crippen molar-refractivity contribution >= 4 is 52.5 Å². The van der Waals surface area contributed by atoms with Crippen molar-refractivity contribution in [2.24, 2.45) is 5.41 Å². The molecule has 2 aromatic rings. The number of carbonyl (C=O) groups is 2. The lowest BCUT2D eigenvalue weighted by Gasteiger charge is -2.13. The van der Waals surface area contributed by atoms with Gasteiger partial charge < -0.3 is 10.1 Å². The lowest BCUT2D eigenvalue weighted by atomic mass is 10.1. The number of hydrogen-bond acceptors (Lipinski definition) is 4. The number of rotatable bonds is 6. The molecule has 1 aliphatic carbocycles. The van der Waals surface area contributed by atoms with Crippen LogP contribution >= 0.6 is 35.0 Å². The summed E-state index contributed by atoms with van der Waals surface area (Å²) in [7, 11) is 0. The molecule has 0 spiro atoms. The number of carbonyl (C=O) groups excluding carboxylic acids is 2. The van der Waals surface area contributed by atoms with Crippen LogP contribution < -0.4 is 5.32 Å². The fraction of sp³-hybridized carbons (Fsp3) is 0.263. The Balaban J connectivity index is 1.59. The molecular weight excluding hydrogens is 393 g/mol. The number of benzene rings is 2. The quantitative estimate of drug-likeness (QED) is 0.544. The first kappa shape index (κ1) is 19.1. The van der Waals surface area contributed by atoms with Gasteiger partial charge in [-0.2, -0.15) is 0 Å². The van der Waals surface area contributed by atoms with Crippen LogP contribution in [-0.2, 0) is 14.3 Å². The van der Waals surface area contributed by atoms with E-state index >= 15 is 0 Å². The largest absolute Gasteiger partial charge is 0.455 e. The van der Waals surface area contributed by atoms with Gasteiger partial charge in [0.15, 0.2) is 6.61 Å². The van der Waals surface area contributed by atoms with Crippen LogP contribution in [0.1, 0.15) is 13.3 Å². The van der Waals surface area contributed by atoms with Crippen molar-refractivity contribution in [3.05, 3.63) is 54.6 Å². The van der Waals surface area contributed by atoms with E-state index in [4.69, 9.17) is 27.9 Å². The summed E-state index contributed by atoms with van der Waals surface area (Å²) in [5.74, 6) is -0.983. The molecule has 0 radical (unpaired) electrons. The minimum Gasteiger partial charge on any atom is -0.455 e. The summed E-state index contributed by atoms with van der Waals surface area (Å²) in [5, 5.41) is 2.78. The first-order chi connectivity index (χ1) is 12.3. The van der Waals surface area contributed by atoms with E-state index in [1.54, 1.807) is 13.0 Å². The Kier molecular flexibility index (Phi) is 5.51. The van der Waals surface area contributed by atoms with Crippen molar-refractivity contribution in [1.29, 1.82) is 0 Å². The molecule has 1 amide bonds. The molecule has 1 fully saturated rings. The van der Waals surface area contributed by atoms with E-state index in [-0.39, 0.29) is 6.61 Å². The summed E-state index contributed by atoms with van der Waals surface area (Å²) in [6.45, 7) is 1.24. The average molecular weight is 410 g/mol. The standard InChI is InChI=1S/C19H17Cl2NO3S/c1-18(12-19(18,20)21)17(24)25-11-16(23)22-14-9-5-6-10-15(14)26-13-7-3-2-4-8-13/h2-10H,11-12H2,1H3,(H,22,23). The molecule has 7 heteroatoms. The number of amides is 1. The first-order valence-electron chi connectivity index (χ1n) is 7.99. The molecule has 136 valence electrons. The molecule has 4 nitrogen and oxygen atoms in total. The molecule has 1 unspecified atom stereocenters. The third-order valence-electron chi connectivity index (χ3n) is 4.17. The summed E-state index contributed by atoms with van der Waals surface area (Å²) < 4.78 is 3.96. The molecule has 1 saturated carbocycles. The van der Waals surface area contributed by atoms with Gasteiger partial charge in [-0.05, 0) is 31.2 Å². The zero-order chi connectivity index (χ0) is 18.8. The minimum atomic E-state index is -1.11. The summed E-state index contributed by atoms with van der Waals surface area (Å²) in [6.07, 6.45) is 0.320. The van der Waals surface area contributed by atoms with Crippen molar-refractivity contribution in [2.75, 3.05) is 11.9 Å². The zero-order valence-corrected chi connectivity index (χ0v) is 16.3. The highest BCUT2D eigenvalue weighted by atomic mass is 35.5. The average Bonchev–Trinajstić information content (AvgIpc) is 3.15. The van der Waals surface area contributed by atoms with Crippen molar-refractivity contribution in [2.45, 2.75) is 27.5 Å². The van der Waals surface area contributed by atoms with Crippen LogP contribution in [0.2, 0.25) is 0 Å². The number of ether oxygens (including phenoxy) is 1. The summed E-state index contributed by atoms with van der Waals surface area (Å²) in [5.41, 5.74) is -0.290. The van der Waals surface area contributed by atoms with Crippen LogP contribution in [0.25, 0.3) is 0 Å². The summed E-state index contributed by atoms with van der Waals surface area (Å²) in [6, 6.07) is 17.3. The third-order valence-corrected chi connectivity index (χ3v) is 6.36. The fourth-order valence-corrected chi connectivity index (χ4v) is 3.98. The van der Waals surface area contributed by atoms with Gasteiger partial charge in [0, 0.05) is 16.2 Å². The Hall–Kier alpha value is -1.69. The maximum Gasteiger partial charge on any atom is 0.315 e. The second kappa shape index (κ2) is 7.51. The molecule has 0 saturated heterocycles. The molecule has 0 heterocycles. The number of para-hydroxylation sites is 1. The number of hydrogen-bond donors (Lipinski definition) is 1. The lowest BCUT2D eigenvalue weighted by molar-refractivity contribution is -0.152. The summed E-state index contributed by atoms with van der Waals surface area (Å²) in [4.78, 5) is 26.2. The molecule has 26 heavy (non-hydrogen) atoms. The van der Waals surface area contributed by atoms with Gasteiger partial charge in [-0.15, -0.1) is 23.2 Å². The number of nitrogens with one attached hydrogen (secondary N) is 1. The second-order valence-corrected chi connectivity index (χ2v) is 8.85. The van der Waals surface area contributed by atoms with Gasteiger partial charge >= 0.3 is 5.97 Å². The van der Waals surface area contributed by atoms with E-state index in [1.807, 2.05) is 48.5 Å². The van der Waals surface area contributed by atoms with Gasteiger partial charge in [0.2, 0.25) is 0 Å². The van der Waals surface area contributed by atoms with Gasteiger partial charge in [0.05, 0.1) is 5.69 Å². The highest BCUT2D eigenvalue weighted by molar-refractivity contribution is 7.99. The van der Waals surface area contributed by atoms with Crippen LogP contribution in [0, 0.1) is 5.41 Å². The van der Waals surface area contributed by atoms with Crippen LogP contribution in [-0.4, -0.2) is 22.8 Å². The van der Waals surface area contributed by atoms with Crippen LogP contribution in [0.4, 0.5) is 5.69 Å². The van der Waals surface area contributed by atoms with E-state index in [2.05, 4.69) is 5.32 Å². The van der Waals surface area contributed by atoms with Crippen LogP contribution in [0.15, 0.2) is 64.4 Å². The number of alkyl halides is 2. The lowest BCUT2D eigenvalue weighted by Crippen LogP contribution is -2.26. The van der Waals surface area contributed by atoms with Gasteiger partial charge in [0.1, 0.15) is 9.75 Å². The molecule has 1 N–H and O–H groups in total. The number of halogens is 2. The Morgan fingerprint density at radius 2 is 1.73 bits per heavy atom. The van der Waals surface area contributed by atoms with Crippen LogP contribution in [0.5, 0.6) is 0 Å². The van der Waals surface area contributed by atoms with Gasteiger partial charge in [-0.25, -0.2) is 0 Å². The molecule has 0 bridgehead atoms. The topological polar surface area (TPSA) is 55.4 Å². The smallest absolute Gasteiger partial charge is 0.315 e. The number of anilines is 1. The Morgan fingerprint density at radius 1 is 1.12 bits per heavy atom. The van der Waals surface area contributed by atoms with Crippen molar-refractivity contribution in [3.63, 3.8) is 0 Å². The monoisotopic (exact) mass is 409 g/mol. The Labute approximate surface area is 166 Å². The SMILES string of the molecule is CC1(C(=O)OCC(=O)Nc2ccccc2Sc2ccccc2)CC1(Cl)Cl. The molecule has 0 aliphatic heterocycles. The Morgan fingerprint density at radius 3 is 2.38 bits per heavy atom. The normalized spacial score (nSPS) is 20.3. The molecule has 2 aromatic carbocycles. The van der Waals surface area contributed by atoms with E-state index in [0.717, 1.165) is 9.79 Å². The van der Waals surface area contributed by atoms with E-state index < -0.39 is 21.6 Å². The predicted octanol–water partition coefficient (Wildman–Crippen LogP) is 4.90. The fourth-order valence-electron chi connectivity index (χ4n) is 2.37. The summed E-state index contributed by atoms with van der Waals surface area (Å²) >= 11 is 13.4. The first-order valence-corrected chi connectivity index (χ1v) is 9.56. The van der Waals surface area contributed by atoms with Gasteiger partial charge in [-0.3, -0.25) is 9.59 Å². The van der Waals surface area contributed by atoms with Crippen molar-refractivity contribution in [3.8, 4) is 0 Å². The second-order valence-electron chi connectivity index (χ2n) is 6.25. The van der Waals surface area contributed by atoms with E-state index in [9.17, 15) is 9.59 Å². The minimum absolute atomic E-state index is 0.320. The molecule has 1 atom stereocenters. The highest BCUT2D eigenvalue weighted by Gasteiger charge is 2.69. The molecule has 1 aliphatic rings. The van der Waals surface area contributed by atoms with Crippen LogP contribution in [0.3, 0.4) is 0 Å². The van der Waals surface area contributed by atoms with E-state index in [1.165, 1.54) is 11.8 Å². The van der Waals surface area contributed by atoms with Gasteiger partial charge in [0.25, 0.3) is 5.91 Å². The van der Waals surface area contributed by atoms with Gasteiger partial charge in [-0.1, -0.05) is 42.1 Å².